The zero-order valence-corrected chi connectivity index (χ0v) is 13.7. The topological polar surface area (TPSA) is 61.2 Å². The van der Waals surface area contributed by atoms with Gasteiger partial charge in [0.15, 0.2) is 0 Å². The molecule has 114 valence electrons. The van der Waals surface area contributed by atoms with E-state index in [9.17, 15) is 8.42 Å². The van der Waals surface area contributed by atoms with Crippen LogP contribution in [0.4, 0.5) is 0 Å². The molecule has 0 saturated carbocycles. The van der Waals surface area contributed by atoms with Crippen molar-refractivity contribution in [2.75, 3.05) is 13.1 Å². The largest absolute Gasteiger partial charge is 0.244 e. The highest BCUT2D eigenvalue weighted by molar-refractivity contribution is 7.89. The molecule has 0 radical (unpaired) electrons. The molecular formula is C16H22N2O2S. The maximum Gasteiger partial charge on any atom is 0.244 e. The molecule has 0 aliphatic carbocycles. The highest BCUT2D eigenvalue weighted by Gasteiger charge is 2.34. The summed E-state index contributed by atoms with van der Waals surface area (Å²) in [6.07, 6.45) is 1.74. The Morgan fingerprint density at radius 2 is 1.76 bits per heavy atom. The van der Waals surface area contributed by atoms with Crippen LogP contribution in [0.2, 0.25) is 0 Å². The van der Waals surface area contributed by atoms with E-state index in [-0.39, 0.29) is 15.9 Å². The lowest BCUT2D eigenvalue weighted by atomic mass is 9.76. The number of hydrogen-bond donors (Lipinski definition) is 0. The molecule has 1 heterocycles. The summed E-state index contributed by atoms with van der Waals surface area (Å²) in [5, 5.41) is 9.10. The number of hydrogen-bond acceptors (Lipinski definition) is 3. The summed E-state index contributed by atoms with van der Waals surface area (Å²) in [7, 11) is -3.56. The molecule has 4 nitrogen and oxygen atoms in total. The zero-order chi connectivity index (χ0) is 15.7. The summed E-state index contributed by atoms with van der Waals surface area (Å²) in [4.78, 5) is 0.127. The van der Waals surface area contributed by atoms with Gasteiger partial charge in [0.25, 0.3) is 0 Å². The van der Waals surface area contributed by atoms with E-state index >= 15 is 0 Å². The third-order valence-corrected chi connectivity index (χ3v) is 6.26. The summed E-state index contributed by atoms with van der Waals surface area (Å²) in [5.74, 6) is 0.537. The molecule has 0 N–H and O–H groups in total. The summed E-state index contributed by atoms with van der Waals surface area (Å²) >= 11 is 0. The first-order valence-corrected chi connectivity index (χ1v) is 8.70. The van der Waals surface area contributed by atoms with Crippen molar-refractivity contribution >= 4 is 10.0 Å². The molecule has 1 aliphatic rings. The Morgan fingerprint density at radius 1 is 1.19 bits per heavy atom. The van der Waals surface area contributed by atoms with E-state index in [4.69, 9.17) is 5.26 Å². The number of sulfonamides is 1. The van der Waals surface area contributed by atoms with E-state index in [1.54, 1.807) is 18.2 Å². The van der Waals surface area contributed by atoms with Crippen LogP contribution in [-0.4, -0.2) is 25.8 Å². The molecule has 0 aromatic heterocycles. The van der Waals surface area contributed by atoms with Crippen LogP contribution in [0.15, 0.2) is 29.2 Å². The molecule has 1 aromatic carbocycles. The van der Waals surface area contributed by atoms with Gasteiger partial charge in [-0.05, 0) is 36.3 Å². The van der Waals surface area contributed by atoms with Gasteiger partial charge < -0.3 is 0 Å². The highest BCUT2D eigenvalue weighted by Crippen LogP contribution is 2.35. The molecule has 21 heavy (non-hydrogen) atoms. The van der Waals surface area contributed by atoms with Crippen LogP contribution in [0.25, 0.3) is 0 Å². The lowest BCUT2D eigenvalue weighted by Crippen LogP contribution is -2.41. The third-order valence-electron chi connectivity index (χ3n) is 4.30. The van der Waals surface area contributed by atoms with Crippen LogP contribution in [0.1, 0.15) is 39.2 Å². The van der Waals surface area contributed by atoms with Gasteiger partial charge in [-0.1, -0.05) is 32.9 Å². The van der Waals surface area contributed by atoms with Crippen LogP contribution >= 0.6 is 0 Å². The minimum absolute atomic E-state index is 0.127. The summed E-state index contributed by atoms with van der Waals surface area (Å²) in [6.45, 7) is 7.67. The van der Waals surface area contributed by atoms with Crippen molar-refractivity contribution in [3.05, 3.63) is 29.8 Å². The monoisotopic (exact) mass is 306 g/mol. The van der Waals surface area contributed by atoms with Crippen molar-refractivity contribution in [2.24, 2.45) is 11.3 Å². The van der Waals surface area contributed by atoms with E-state index in [1.165, 1.54) is 10.4 Å². The lowest BCUT2D eigenvalue weighted by Gasteiger charge is -2.38. The van der Waals surface area contributed by atoms with E-state index in [0.717, 1.165) is 12.8 Å². The van der Waals surface area contributed by atoms with E-state index in [0.29, 0.717) is 19.0 Å². The Balaban J connectivity index is 2.22. The summed E-state index contributed by atoms with van der Waals surface area (Å²) < 4.78 is 26.9. The third kappa shape index (κ3) is 3.28. The zero-order valence-electron chi connectivity index (χ0n) is 12.8. The molecule has 1 fully saturated rings. The minimum Gasteiger partial charge on any atom is -0.207 e. The van der Waals surface area contributed by atoms with Gasteiger partial charge >= 0.3 is 0 Å². The second-order valence-electron chi connectivity index (χ2n) is 6.65. The van der Waals surface area contributed by atoms with Crippen LogP contribution in [-0.2, 0) is 10.0 Å². The van der Waals surface area contributed by atoms with Crippen LogP contribution in [0.3, 0.4) is 0 Å². The number of piperidine rings is 1. The van der Waals surface area contributed by atoms with Gasteiger partial charge in [0.1, 0.15) is 6.07 Å². The molecular weight excluding hydrogens is 284 g/mol. The molecule has 0 spiro atoms. The van der Waals surface area contributed by atoms with E-state index < -0.39 is 10.0 Å². The predicted octanol–water partition coefficient (Wildman–Crippen LogP) is 3.01. The Morgan fingerprint density at radius 3 is 2.29 bits per heavy atom. The van der Waals surface area contributed by atoms with Gasteiger partial charge in [-0.3, -0.25) is 0 Å². The van der Waals surface area contributed by atoms with Gasteiger partial charge in [0.05, 0.1) is 10.5 Å². The van der Waals surface area contributed by atoms with E-state index in [1.807, 2.05) is 6.07 Å². The number of rotatable bonds is 2. The Kier molecular flexibility index (Phi) is 4.40. The summed E-state index contributed by atoms with van der Waals surface area (Å²) in [6, 6.07) is 8.38. The molecule has 0 amide bonds. The average Bonchev–Trinajstić information content (AvgIpc) is 2.46. The first-order valence-electron chi connectivity index (χ1n) is 7.26. The lowest BCUT2D eigenvalue weighted by molar-refractivity contribution is 0.154. The van der Waals surface area contributed by atoms with Crippen LogP contribution < -0.4 is 0 Å². The average molecular weight is 306 g/mol. The molecule has 5 heteroatoms. The van der Waals surface area contributed by atoms with Crippen molar-refractivity contribution in [3.8, 4) is 6.07 Å². The van der Waals surface area contributed by atoms with Gasteiger partial charge in [-0.15, -0.1) is 0 Å². The number of nitrogens with zero attached hydrogens (tertiary/aromatic N) is 2. The fourth-order valence-electron chi connectivity index (χ4n) is 2.89. The molecule has 0 bridgehead atoms. The van der Waals surface area contributed by atoms with Crippen molar-refractivity contribution in [2.45, 2.75) is 38.5 Å². The van der Waals surface area contributed by atoms with Crippen molar-refractivity contribution in [1.29, 1.82) is 5.26 Å². The predicted molar refractivity (Wildman–Crippen MR) is 82.1 cm³/mol. The van der Waals surface area contributed by atoms with Crippen molar-refractivity contribution in [3.63, 3.8) is 0 Å². The maximum atomic E-state index is 12.7. The minimum atomic E-state index is -3.56. The Bertz CT molecular complexity index is 646. The summed E-state index contributed by atoms with van der Waals surface area (Å²) in [5.41, 5.74) is 0.427. The number of nitriles is 1. The maximum absolute atomic E-state index is 12.7. The first-order chi connectivity index (χ1) is 9.76. The standard InChI is InChI=1S/C16H22N2O2S/c1-16(2,3)14-8-10-18(11-9-14)21(19,20)15-7-5-4-6-13(15)12-17/h4-7,14H,8-11H2,1-3H3. The van der Waals surface area contributed by atoms with Gasteiger partial charge in [0.2, 0.25) is 10.0 Å². The quantitative estimate of drug-likeness (QED) is 0.844. The van der Waals surface area contributed by atoms with Crippen molar-refractivity contribution < 1.29 is 8.42 Å². The second-order valence-corrected chi connectivity index (χ2v) is 8.56. The van der Waals surface area contributed by atoms with Gasteiger partial charge in [-0.2, -0.15) is 9.57 Å². The number of benzene rings is 1. The Labute approximate surface area is 127 Å². The van der Waals surface area contributed by atoms with Gasteiger partial charge in [0, 0.05) is 13.1 Å². The van der Waals surface area contributed by atoms with E-state index in [2.05, 4.69) is 20.8 Å². The van der Waals surface area contributed by atoms with Gasteiger partial charge in [-0.25, -0.2) is 8.42 Å². The Hall–Kier alpha value is -1.38. The fraction of sp³-hybridized carbons (Fsp3) is 0.562. The molecule has 0 atom stereocenters. The normalized spacial score (nSPS) is 18.4. The molecule has 2 rings (SSSR count). The highest BCUT2D eigenvalue weighted by atomic mass is 32.2. The SMILES string of the molecule is CC(C)(C)C1CCN(S(=O)(=O)c2ccccc2C#N)CC1. The van der Waals surface area contributed by atoms with Crippen LogP contribution in [0, 0.1) is 22.7 Å². The molecule has 0 unspecified atom stereocenters. The molecule has 1 aromatic rings. The first kappa shape index (κ1) is 16.0. The van der Waals surface area contributed by atoms with Crippen molar-refractivity contribution in [1.82, 2.24) is 4.31 Å². The fourth-order valence-corrected chi connectivity index (χ4v) is 4.50. The smallest absolute Gasteiger partial charge is 0.207 e. The second kappa shape index (κ2) is 5.78. The molecule has 1 aliphatic heterocycles. The van der Waals surface area contributed by atoms with Crippen LogP contribution in [0.5, 0.6) is 0 Å². The molecule has 1 saturated heterocycles.